The molecule has 0 aliphatic heterocycles. The SMILES string of the molecule is COc1ccc(C=CC(=O)Nc2sc3c(c2C(N)=O)CCCC3)cc1. The summed E-state index contributed by atoms with van der Waals surface area (Å²) >= 11 is 1.46. The fourth-order valence-corrected chi connectivity index (χ4v) is 4.25. The van der Waals surface area contributed by atoms with E-state index >= 15 is 0 Å². The third kappa shape index (κ3) is 3.91. The van der Waals surface area contributed by atoms with Crippen LogP contribution in [0.4, 0.5) is 5.00 Å². The number of methoxy groups -OCH3 is 1. The van der Waals surface area contributed by atoms with E-state index in [0.717, 1.165) is 47.4 Å². The molecule has 2 amide bonds. The Morgan fingerprint density at radius 3 is 2.60 bits per heavy atom. The van der Waals surface area contributed by atoms with Crippen LogP contribution in [0.3, 0.4) is 0 Å². The van der Waals surface area contributed by atoms with Crippen LogP contribution in [-0.2, 0) is 17.6 Å². The van der Waals surface area contributed by atoms with E-state index in [0.29, 0.717) is 10.6 Å². The van der Waals surface area contributed by atoms with Crippen LogP contribution in [0.25, 0.3) is 6.08 Å². The van der Waals surface area contributed by atoms with Crippen molar-refractivity contribution in [1.82, 2.24) is 0 Å². The Morgan fingerprint density at radius 2 is 1.92 bits per heavy atom. The molecule has 0 fully saturated rings. The van der Waals surface area contributed by atoms with E-state index in [9.17, 15) is 9.59 Å². The van der Waals surface area contributed by atoms with Gasteiger partial charge >= 0.3 is 0 Å². The van der Waals surface area contributed by atoms with Crippen molar-refractivity contribution in [2.24, 2.45) is 5.73 Å². The van der Waals surface area contributed by atoms with Gasteiger partial charge in [0, 0.05) is 11.0 Å². The number of hydrogen-bond acceptors (Lipinski definition) is 4. The smallest absolute Gasteiger partial charge is 0.251 e. The zero-order valence-electron chi connectivity index (χ0n) is 14.0. The highest BCUT2D eigenvalue weighted by Gasteiger charge is 2.24. The van der Waals surface area contributed by atoms with Crippen LogP contribution in [0.5, 0.6) is 5.75 Å². The minimum atomic E-state index is -0.478. The van der Waals surface area contributed by atoms with Gasteiger partial charge in [0.15, 0.2) is 0 Å². The predicted molar refractivity (Wildman–Crippen MR) is 100 cm³/mol. The fraction of sp³-hybridized carbons (Fsp3) is 0.263. The normalized spacial score (nSPS) is 13.5. The first-order chi connectivity index (χ1) is 12.1. The molecule has 3 N–H and O–H groups in total. The first-order valence-corrected chi connectivity index (χ1v) is 8.97. The van der Waals surface area contributed by atoms with Crippen molar-refractivity contribution in [2.45, 2.75) is 25.7 Å². The Bertz CT molecular complexity index is 822. The molecule has 0 saturated heterocycles. The maximum Gasteiger partial charge on any atom is 0.251 e. The van der Waals surface area contributed by atoms with Crippen molar-refractivity contribution >= 4 is 34.2 Å². The number of fused-ring (bicyclic) bond motifs is 1. The van der Waals surface area contributed by atoms with Crippen molar-refractivity contribution in [3.05, 3.63) is 51.9 Å². The third-order valence-electron chi connectivity index (χ3n) is 4.20. The van der Waals surface area contributed by atoms with Crippen LogP contribution in [0.2, 0.25) is 0 Å². The van der Waals surface area contributed by atoms with Crippen molar-refractivity contribution < 1.29 is 14.3 Å². The summed E-state index contributed by atoms with van der Waals surface area (Å²) in [6, 6.07) is 7.38. The summed E-state index contributed by atoms with van der Waals surface area (Å²) in [4.78, 5) is 25.2. The second-order valence-electron chi connectivity index (χ2n) is 5.88. The number of carbonyl (C=O) groups excluding carboxylic acids is 2. The molecule has 0 atom stereocenters. The van der Waals surface area contributed by atoms with Crippen LogP contribution in [0.1, 0.15) is 39.2 Å². The van der Waals surface area contributed by atoms with Crippen molar-refractivity contribution in [3.63, 3.8) is 0 Å². The van der Waals surface area contributed by atoms with Gasteiger partial charge in [0.2, 0.25) is 5.91 Å². The second kappa shape index (κ2) is 7.53. The minimum Gasteiger partial charge on any atom is -0.497 e. The van der Waals surface area contributed by atoms with Gasteiger partial charge in [0.1, 0.15) is 10.8 Å². The average Bonchev–Trinajstić information content (AvgIpc) is 2.98. The van der Waals surface area contributed by atoms with Crippen molar-refractivity contribution in [1.29, 1.82) is 0 Å². The van der Waals surface area contributed by atoms with Crippen LogP contribution < -0.4 is 15.8 Å². The summed E-state index contributed by atoms with van der Waals surface area (Å²) in [5, 5.41) is 3.37. The van der Waals surface area contributed by atoms with Gasteiger partial charge in [0.05, 0.1) is 12.7 Å². The number of primary amides is 1. The number of rotatable bonds is 5. The number of nitrogens with two attached hydrogens (primary N) is 1. The summed E-state index contributed by atoms with van der Waals surface area (Å²) in [5.41, 5.74) is 7.91. The van der Waals surface area contributed by atoms with Gasteiger partial charge in [-0.05, 0) is 55.0 Å². The van der Waals surface area contributed by atoms with E-state index in [-0.39, 0.29) is 5.91 Å². The average molecular weight is 356 g/mol. The molecular weight excluding hydrogens is 336 g/mol. The number of hydrogen-bond donors (Lipinski definition) is 2. The first-order valence-electron chi connectivity index (χ1n) is 8.16. The van der Waals surface area contributed by atoms with Crippen molar-refractivity contribution in [2.75, 3.05) is 12.4 Å². The van der Waals surface area contributed by atoms with Crippen LogP contribution in [0.15, 0.2) is 30.3 Å². The highest BCUT2D eigenvalue weighted by atomic mass is 32.1. The van der Waals surface area contributed by atoms with Gasteiger partial charge in [-0.15, -0.1) is 11.3 Å². The van der Waals surface area contributed by atoms with E-state index in [4.69, 9.17) is 10.5 Å². The van der Waals surface area contributed by atoms with Crippen molar-refractivity contribution in [3.8, 4) is 5.75 Å². The topological polar surface area (TPSA) is 81.4 Å². The molecule has 1 aliphatic carbocycles. The lowest BCUT2D eigenvalue weighted by Crippen LogP contribution is -2.17. The number of carbonyl (C=O) groups is 2. The highest BCUT2D eigenvalue weighted by Crippen LogP contribution is 2.37. The molecule has 6 heteroatoms. The van der Waals surface area contributed by atoms with E-state index in [1.807, 2.05) is 24.3 Å². The van der Waals surface area contributed by atoms with Gasteiger partial charge < -0.3 is 15.8 Å². The second-order valence-corrected chi connectivity index (χ2v) is 6.98. The monoisotopic (exact) mass is 356 g/mol. The molecule has 1 heterocycles. The van der Waals surface area contributed by atoms with Gasteiger partial charge in [0.25, 0.3) is 5.91 Å². The molecule has 0 bridgehead atoms. The lowest BCUT2D eigenvalue weighted by Gasteiger charge is -2.11. The van der Waals surface area contributed by atoms with E-state index < -0.39 is 5.91 Å². The molecule has 25 heavy (non-hydrogen) atoms. The van der Waals surface area contributed by atoms with Crippen LogP contribution >= 0.6 is 11.3 Å². The quantitative estimate of drug-likeness (QED) is 0.806. The molecule has 0 saturated carbocycles. The number of aryl methyl sites for hydroxylation is 1. The molecule has 1 aromatic heterocycles. The minimum absolute atomic E-state index is 0.281. The number of ether oxygens (including phenoxy) is 1. The van der Waals surface area contributed by atoms with E-state index in [1.54, 1.807) is 13.2 Å². The Balaban J connectivity index is 1.75. The zero-order valence-corrected chi connectivity index (χ0v) is 14.8. The number of amides is 2. The predicted octanol–water partition coefficient (Wildman–Crippen LogP) is 3.39. The molecule has 5 nitrogen and oxygen atoms in total. The largest absolute Gasteiger partial charge is 0.497 e. The van der Waals surface area contributed by atoms with Gasteiger partial charge in [-0.1, -0.05) is 12.1 Å². The molecule has 2 aromatic rings. The number of anilines is 1. The summed E-state index contributed by atoms with van der Waals surface area (Å²) < 4.78 is 5.10. The standard InChI is InChI=1S/C19H20N2O3S/c1-24-13-9-6-12(7-10-13)8-11-16(22)21-19-17(18(20)23)14-4-2-3-5-15(14)25-19/h6-11H,2-5H2,1H3,(H2,20,23)(H,21,22). The molecular formula is C19H20N2O3S. The molecule has 0 spiro atoms. The van der Waals surface area contributed by atoms with Gasteiger partial charge in [-0.3, -0.25) is 9.59 Å². The van der Waals surface area contributed by atoms with Gasteiger partial charge in [-0.2, -0.15) is 0 Å². The Kier molecular flexibility index (Phi) is 5.19. The molecule has 1 aromatic carbocycles. The lowest BCUT2D eigenvalue weighted by molar-refractivity contribution is -0.111. The highest BCUT2D eigenvalue weighted by molar-refractivity contribution is 7.17. The Hall–Kier alpha value is -2.60. The molecule has 0 unspecified atom stereocenters. The molecule has 130 valence electrons. The van der Waals surface area contributed by atoms with E-state index in [1.165, 1.54) is 17.4 Å². The van der Waals surface area contributed by atoms with Gasteiger partial charge in [-0.25, -0.2) is 0 Å². The zero-order chi connectivity index (χ0) is 17.8. The molecule has 0 radical (unpaired) electrons. The third-order valence-corrected chi connectivity index (χ3v) is 5.40. The summed E-state index contributed by atoms with van der Waals surface area (Å²) in [6.45, 7) is 0. The summed E-state index contributed by atoms with van der Waals surface area (Å²) in [5.74, 6) is 0.00242. The summed E-state index contributed by atoms with van der Waals surface area (Å²) in [6.07, 6.45) is 7.11. The molecule has 1 aliphatic rings. The van der Waals surface area contributed by atoms with E-state index in [2.05, 4.69) is 5.32 Å². The number of thiophene rings is 1. The van der Waals surface area contributed by atoms with Crippen LogP contribution in [-0.4, -0.2) is 18.9 Å². The number of benzene rings is 1. The Labute approximate surface area is 150 Å². The molecule has 3 rings (SSSR count). The summed E-state index contributed by atoms with van der Waals surface area (Å²) in [7, 11) is 1.61. The fourth-order valence-electron chi connectivity index (χ4n) is 2.96. The number of nitrogens with one attached hydrogen (secondary N) is 1. The van der Waals surface area contributed by atoms with Crippen LogP contribution in [0, 0.1) is 0 Å². The lowest BCUT2D eigenvalue weighted by atomic mass is 9.95. The maximum absolute atomic E-state index is 12.2. The first kappa shape index (κ1) is 17.2. The maximum atomic E-state index is 12.2. The Morgan fingerprint density at radius 1 is 1.20 bits per heavy atom.